The normalized spacial score (nSPS) is 12.2. The Balaban J connectivity index is 3.16. The Bertz CT molecular complexity index is 347. The van der Waals surface area contributed by atoms with Gasteiger partial charge in [-0.25, -0.2) is 0 Å². The molecule has 0 unspecified atom stereocenters. The van der Waals surface area contributed by atoms with Gasteiger partial charge in [-0.2, -0.15) is 0 Å². The lowest BCUT2D eigenvalue weighted by atomic mass is 10.0. The number of hydrogen-bond acceptors (Lipinski definition) is 1. The Hall–Kier alpha value is 1.62. The Morgan fingerprint density at radius 2 is 0.960 bits per heavy atom. The predicted octanol–water partition coefficient (Wildman–Crippen LogP) is 8.16. The van der Waals surface area contributed by atoms with Crippen LogP contribution in [-0.2, 0) is 11.5 Å². The van der Waals surface area contributed by atoms with E-state index < -0.39 is 13.7 Å². The Morgan fingerprint density at radius 1 is 0.640 bits per heavy atom. The van der Waals surface area contributed by atoms with Gasteiger partial charge in [-0.15, -0.1) is 0 Å². The zero-order valence-corrected chi connectivity index (χ0v) is 20.8. The van der Waals surface area contributed by atoms with E-state index in [1.165, 1.54) is 89.9 Å². The molecule has 0 aromatic rings. The summed E-state index contributed by atoms with van der Waals surface area (Å²) in [5.41, 5.74) is 0. The van der Waals surface area contributed by atoms with Gasteiger partial charge in [0.2, 0.25) is 0 Å². The fourth-order valence-electron chi connectivity index (χ4n) is 2.87. The molecule has 0 radical (unpaired) electrons. The van der Waals surface area contributed by atoms with Crippen molar-refractivity contribution in [1.82, 2.24) is 0 Å². The van der Waals surface area contributed by atoms with E-state index in [1.54, 1.807) is 0 Å². The van der Waals surface area contributed by atoms with E-state index in [-0.39, 0.29) is 0 Å². The van der Waals surface area contributed by atoms with Gasteiger partial charge in [-0.3, -0.25) is 0 Å². The minimum absolute atomic E-state index is 0.430. The predicted molar refractivity (Wildman–Crippen MR) is 122 cm³/mol. The first kappa shape index (κ1) is 26.6. The monoisotopic (exact) mass is 524 g/mol. The molecule has 0 atom stereocenters. The quantitative estimate of drug-likeness (QED) is 0.140. The third-order valence-corrected chi connectivity index (χ3v) is 13.5. The van der Waals surface area contributed by atoms with Crippen LogP contribution in [0.1, 0.15) is 110 Å². The van der Waals surface area contributed by atoms with Crippen molar-refractivity contribution >= 4 is 43.3 Å². The second kappa shape index (κ2) is 19.0. The number of hydrogen-bond donors (Lipinski definition) is 2. The van der Waals surface area contributed by atoms with E-state index in [2.05, 4.69) is 36.5 Å². The van der Waals surface area contributed by atoms with Crippen molar-refractivity contribution in [1.29, 1.82) is 0 Å². The third-order valence-electron chi connectivity index (χ3n) is 4.44. The molecular formula is C18H39Br2O3PS. The average Bonchev–Trinajstić information content (AvgIpc) is 2.57. The maximum Gasteiger partial charge on any atom is 0.300 e. The van der Waals surface area contributed by atoms with E-state index in [0.29, 0.717) is 6.61 Å². The first-order valence-electron chi connectivity index (χ1n) is 10.1. The lowest BCUT2D eigenvalue weighted by molar-refractivity contribution is 0.245. The summed E-state index contributed by atoms with van der Waals surface area (Å²) in [7, 11) is 0. The third kappa shape index (κ3) is 18.7. The molecule has 0 spiro atoms. The van der Waals surface area contributed by atoms with Gasteiger partial charge in [0, 0.05) is 36.6 Å². The largest absolute Gasteiger partial charge is 0.327 e. The average molecular weight is 526 g/mol. The molecule has 3 nitrogen and oxygen atoms in total. The van der Waals surface area contributed by atoms with Crippen LogP contribution in [0.3, 0.4) is 0 Å². The zero-order chi connectivity index (χ0) is 18.8. The van der Waals surface area contributed by atoms with Crippen molar-refractivity contribution in [2.45, 2.75) is 110 Å². The van der Waals surface area contributed by atoms with Crippen molar-refractivity contribution in [2.24, 2.45) is 0 Å². The van der Waals surface area contributed by atoms with Crippen molar-refractivity contribution < 1.29 is 14.3 Å². The van der Waals surface area contributed by atoms with Gasteiger partial charge in [0.05, 0.1) is 6.61 Å². The maximum absolute atomic E-state index is 9.58. The van der Waals surface area contributed by atoms with E-state index >= 15 is 0 Å². The Kier molecular flexibility index (Phi) is 20.2. The summed E-state index contributed by atoms with van der Waals surface area (Å²) >= 11 is 6.23. The molecule has 0 aliphatic rings. The van der Waals surface area contributed by atoms with Crippen LogP contribution in [0.2, 0.25) is 0 Å². The van der Waals surface area contributed by atoms with Crippen LogP contribution >= 0.6 is 36.3 Å². The molecule has 0 aliphatic heterocycles. The minimum Gasteiger partial charge on any atom is -0.327 e. The van der Waals surface area contributed by atoms with E-state index in [9.17, 15) is 9.79 Å². The lowest BCUT2D eigenvalue weighted by Crippen LogP contribution is -1.94. The summed E-state index contributed by atoms with van der Waals surface area (Å²) in [5.74, 6) is 0. The fraction of sp³-hybridized carbons (Fsp3) is 1.00. The summed E-state index contributed by atoms with van der Waals surface area (Å²) < 4.78 is 5.15. The second-order valence-electron chi connectivity index (χ2n) is 6.82. The highest BCUT2D eigenvalue weighted by atomic mass is 79.9. The van der Waals surface area contributed by atoms with Crippen molar-refractivity contribution in [3.63, 3.8) is 0 Å². The summed E-state index contributed by atoms with van der Waals surface area (Å²) in [6.45, 7) is -1.36. The molecule has 0 aromatic carbocycles. The van der Waals surface area contributed by atoms with Crippen LogP contribution in [0, 0.1) is 0 Å². The molecule has 0 saturated heterocycles. The Morgan fingerprint density at radius 3 is 1.28 bits per heavy atom. The smallest absolute Gasteiger partial charge is 0.300 e. The molecule has 2 N–H and O–H groups in total. The topological polar surface area (TPSA) is 49.7 Å². The van der Waals surface area contributed by atoms with Gasteiger partial charge < -0.3 is 14.3 Å². The summed E-state index contributed by atoms with van der Waals surface area (Å²) in [4.78, 5) is 19.2. The molecule has 7 heteroatoms. The molecule has 0 aromatic heterocycles. The number of rotatable bonds is 18. The van der Waals surface area contributed by atoms with Gasteiger partial charge >= 0.3 is 6.72 Å². The molecule has 0 fully saturated rings. The molecule has 0 heterocycles. The number of halogens is 2. The Labute approximate surface area is 173 Å². The molecule has 0 rings (SSSR count). The van der Waals surface area contributed by atoms with Crippen LogP contribution in [0.25, 0.3) is 0 Å². The molecule has 0 aliphatic carbocycles. The molecule has 154 valence electrons. The van der Waals surface area contributed by atoms with Crippen LogP contribution in [-0.4, -0.2) is 16.4 Å². The van der Waals surface area contributed by atoms with E-state index in [1.807, 2.05) is 0 Å². The molecule has 0 bridgehead atoms. The summed E-state index contributed by atoms with van der Waals surface area (Å²) in [6, 6.07) is 0. The van der Waals surface area contributed by atoms with Gasteiger partial charge in [-0.05, 0) is 6.42 Å². The maximum atomic E-state index is 9.58. The highest BCUT2D eigenvalue weighted by molar-refractivity contribution is 9.82. The fourth-order valence-corrected chi connectivity index (χ4v) is 5.29. The van der Waals surface area contributed by atoms with Gasteiger partial charge in [0.25, 0.3) is 0 Å². The molecule has 0 amide bonds. The van der Waals surface area contributed by atoms with Crippen molar-refractivity contribution in [3.05, 3.63) is 0 Å². The molecular weight excluding hydrogens is 487 g/mol. The molecule has 0 saturated carbocycles. The van der Waals surface area contributed by atoms with Crippen LogP contribution in [0.15, 0.2) is 0 Å². The van der Waals surface area contributed by atoms with Crippen LogP contribution < -0.4 is 0 Å². The first-order chi connectivity index (χ1) is 12.0. The van der Waals surface area contributed by atoms with Crippen LogP contribution in [0.4, 0.5) is 0 Å². The lowest BCUT2D eigenvalue weighted by Gasteiger charge is -2.12. The van der Waals surface area contributed by atoms with E-state index in [4.69, 9.17) is 4.52 Å². The zero-order valence-electron chi connectivity index (χ0n) is 15.9. The summed E-state index contributed by atoms with van der Waals surface area (Å²) in [5, 5.41) is 0. The minimum atomic E-state index is -3.24. The SMILES string of the molecule is CCCCCCCCCCCCCCCCCCOP(O)(O)=S(Br)Br. The number of unbranched alkanes of at least 4 members (excludes halogenated alkanes) is 15. The van der Waals surface area contributed by atoms with E-state index in [0.717, 1.165) is 12.8 Å². The second-order valence-corrected chi connectivity index (χ2v) is 20.5. The first-order valence-corrected chi connectivity index (χ1v) is 17.2. The van der Waals surface area contributed by atoms with Gasteiger partial charge in [-0.1, -0.05) is 103 Å². The molecule has 25 heavy (non-hydrogen) atoms. The van der Waals surface area contributed by atoms with Gasteiger partial charge in [0.1, 0.15) is 0 Å². The van der Waals surface area contributed by atoms with Crippen LogP contribution in [0.5, 0.6) is 0 Å². The highest BCUT2D eigenvalue weighted by Gasteiger charge is 2.13. The standard InChI is InChI=1S/C18H39Br2O3PS/c1-2-3-4-5-6-7-8-9-10-11-12-13-14-15-16-17-18-23-24(21,22)25(19)20/h21-22H,2-18H2,1H3. The highest BCUT2D eigenvalue weighted by Crippen LogP contribution is 2.48. The van der Waals surface area contributed by atoms with Crippen molar-refractivity contribution in [3.8, 4) is 0 Å². The summed E-state index contributed by atoms with van der Waals surface area (Å²) in [6.07, 6.45) is 21.3. The van der Waals surface area contributed by atoms with Crippen molar-refractivity contribution in [2.75, 3.05) is 6.61 Å². The van der Waals surface area contributed by atoms with Gasteiger partial charge in [0.15, 0.2) is 0 Å².